The first-order valence-corrected chi connectivity index (χ1v) is 4.63. The zero-order chi connectivity index (χ0) is 11.0. The van der Waals surface area contributed by atoms with Crippen molar-refractivity contribution in [3.63, 3.8) is 0 Å². The molecule has 1 heterocycles. The van der Waals surface area contributed by atoms with Crippen LogP contribution in [0.1, 0.15) is 5.69 Å². The Morgan fingerprint density at radius 3 is 2.53 bits per heavy atom. The van der Waals surface area contributed by atoms with Gasteiger partial charge < -0.3 is 0 Å². The Bertz CT molecular complexity index is 508. The molecule has 0 saturated heterocycles. The van der Waals surface area contributed by atoms with Crippen molar-refractivity contribution in [2.75, 3.05) is 0 Å². The van der Waals surface area contributed by atoms with Crippen LogP contribution in [0.15, 0.2) is 24.3 Å². The number of aromatic nitrogens is 2. The Balaban J connectivity index is 2.59. The average molecular weight is 229 g/mol. The topological polar surface area (TPSA) is 17.8 Å². The average Bonchev–Trinajstić information content (AvgIpc) is 2.45. The summed E-state index contributed by atoms with van der Waals surface area (Å²) in [5, 5.41) is 4.28. The Morgan fingerprint density at radius 1 is 1.27 bits per heavy atom. The summed E-state index contributed by atoms with van der Waals surface area (Å²) in [6.07, 6.45) is 0. The van der Waals surface area contributed by atoms with Gasteiger partial charge in [0.2, 0.25) is 0 Å². The Morgan fingerprint density at radius 2 is 2.00 bits per heavy atom. The van der Waals surface area contributed by atoms with Crippen molar-refractivity contribution in [1.29, 1.82) is 0 Å². The summed E-state index contributed by atoms with van der Waals surface area (Å²) in [5.74, 6) is -1.32. The molecule has 2 rings (SSSR count). The van der Waals surface area contributed by atoms with Gasteiger partial charge in [0.1, 0.15) is 16.7 Å². The Labute approximate surface area is 90.1 Å². The number of halogens is 3. The van der Waals surface area contributed by atoms with Gasteiger partial charge in [-0.1, -0.05) is 11.6 Å². The highest BCUT2D eigenvalue weighted by Crippen LogP contribution is 2.20. The minimum atomic E-state index is -0.694. The van der Waals surface area contributed by atoms with Crippen molar-refractivity contribution in [1.82, 2.24) is 9.78 Å². The molecular weight excluding hydrogens is 222 g/mol. The number of nitrogens with zero attached hydrogens (tertiary/aromatic N) is 2. The van der Waals surface area contributed by atoms with E-state index in [0.29, 0.717) is 5.69 Å². The molecule has 0 spiro atoms. The zero-order valence-corrected chi connectivity index (χ0v) is 8.59. The van der Waals surface area contributed by atoms with E-state index < -0.39 is 11.6 Å². The van der Waals surface area contributed by atoms with Crippen molar-refractivity contribution in [3.05, 3.63) is 46.7 Å². The summed E-state index contributed by atoms with van der Waals surface area (Å²) in [5.41, 5.74) is 0.804. The molecule has 0 bridgehead atoms. The Hall–Kier alpha value is -1.42. The summed E-state index contributed by atoms with van der Waals surface area (Å²) >= 11 is 5.83. The maximum Gasteiger partial charge on any atom is 0.151 e. The minimum absolute atomic E-state index is 0.134. The molecule has 78 valence electrons. The van der Waals surface area contributed by atoms with Crippen LogP contribution in [0.4, 0.5) is 8.78 Å². The molecule has 0 aliphatic rings. The molecule has 0 radical (unpaired) electrons. The van der Waals surface area contributed by atoms with Gasteiger partial charge in [-0.25, -0.2) is 13.5 Å². The number of benzene rings is 1. The number of rotatable bonds is 1. The molecule has 0 amide bonds. The largest absolute Gasteiger partial charge is 0.219 e. The molecule has 0 aliphatic carbocycles. The van der Waals surface area contributed by atoms with Gasteiger partial charge in [-0.15, -0.1) is 0 Å². The molecule has 0 atom stereocenters. The van der Waals surface area contributed by atoms with Crippen LogP contribution >= 0.6 is 11.6 Å². The van der Waals surface area contributed by atoms with Crippen LogP contribution in [0.25, 0.3) is 5.69 Å². The first-order chi connectivity index (χ1) is 7.08. The van der Waals surface area contributed by atoms with Gasteiger partial charge in [-0.3, -0.25) is 0 Å². The lowest BCUT2D eigenvalue weighted by atomic mass is 10.3. The molecule has 0 saturated carbocycles. The van der Waals surface area contributed by atoms with Crippen LogP contribution < -0.4 is 0 Å². The monoisotopic (exact) mass is 228 g/mol. The molecule has 2 nitrogen and oxygen atoms in total. The van der Waals surface area contributed by atoms with Crippen LogP contribution in [-0.2, 0) is 0 Å². The van der Waals surface area contributed by atoms with Crippen LogP contribution in [0.2, 0.25) is 5.15 Å². The van der Waals surface area contributed by atoms with Crippen molar-refractivity contribution in [2.24, 2.45) is 0 Å². The van der Waals surface area contributed by atoms with E-state index in [2.05, 4.69) is 5.10 Å². The quantitative estimate of drug-likeness (QED) is 0.733. The molecule has 0 N–H and O–H groups in total. The highest BCUT2D eigenvalue weighted by molar-refractivity contribution is 6.29. The predicted octanol–water partition coefficient (Wildman–Crippen LogP) is 3.11. The molecule has 1 aromatic carbocycles. The van der Waals surface area contributed by atoms with Crippen LogP contribution in [0.5, 0.6) is 0 Å². The van der Waals surface area contributed by atoms with E-state index in [0.717, 1.165) is 12.1 Å². The second kappa shape index (κ2) is 3.62. The normalized spacial score (nSPS) is 10.7. The fourth-order valence-corrected chi connectivity index (χ4v) is 1.58. The van der Waals surface area contributed by atoms with Crippen LogP contribution in [-0.4, -0.2) is 9.78 Å². The molecule has 0 unspecified atom stereocenters. The smallest absolute Gasteiger partial charge is 0.151 e. The third kappa shape index (κ3) is 1.85. The SMILES string of the molecule is Cc1cc(Cl)n(-c2ccc(F)cc2F)n1. The second-order valence-corrected chi connectivity index (χ2v) is 3.50. The summed E-state index contributed by atoms with van der Waals surface area (Å²) in [6, 6.07) is 4.85. The maximum atomic E-state index is 13.4. The lowest BCUT2D eigenvalue weighted by molar-refractivity contribution is 0.573. The van der Waals surface area contributed by atoms with Gasteiger partial charge in [0.05, 0.1) is 5.69 Å². The van der Waals surface area contributed by atoms with Crippen LogP contribution in [0, 0.1) is 18.6 Å². The van der Waals surface area contributed by atoms with E-state index in [4.69, 9.17) is 11.6 Å². The van der Waals surface area contributed by atoms with Gasteiger partial charge >= 0.3 is 0 Å². The third-order valence-electron chi connectivity index (χ3n) is 1.93. The standard InChI is InChI=1S/C10H7ClF2N2/c1-6-4-10(11)15(14-6)9-3-2-7(12)5-8(9)13/h2-5H,1H3. The Kier molecular flexibility index (Phi) is 2.44. The lowest BCUT2D eigenvalue weighted by Gasteiger charge is -2.04. The third-order valence-corrected chi connectivity index (χ3v) is 2.20. The van der Waals surface area contributed by atoms with E-state index in [9.17, 15) is 8.78 Å². The number of aryl methyl sites for hydroxylation is 1. The predicted molar refractivity (Wildman–Crippen MR) is 53.2 cm³/mol. The highest BCUT2D eigenvalue weighted by Gasteiger charge is 2.10. The van der Waals surface area contributed by atoms with Gasteiger partial charge in [0.15, 0.2) is 5.82 Å². The maximum absolute atomic E-state index is 13.4. The molecule has 15 heavy (non-hydrogen) atoms. The molecule has 2 aromatic rings. The van der Waals surface area contributed by atoms with Crippen molar-refractivity contribution in [2.45, 2.75) is 6.92 Å². The van der Waals surface area contributed by atoms with E-state index in [1.54, 1.807) is 13.0 Å². The van der Waals surface area contributed by atoms with Gasteiger partial charge in [-0.05, 0) is 25.1 Å². The van der Waals surface area contributed by atoms with Crippen molar-refractivity contribution in [3.8, 4) is 5.69 Å². The van der Waals surface area contributed by atoms with E-state index >= 15 is 0 Å². The summed E-state index contributed by atoms with van der Waals surface area (Å²) in [7, 11) is 0. The summed E-state index contributed by atoms with van der Waals surface area (Å²) in [6.45, 7) is 1.74. The molecule has 0 fully saturated rings. The second-order valence-electron chi connectivity index (χ2n) is 3.12. The van der Waals surface area contributed by atoms with Gasteiger partial charge in [0, 0.05) is 6.07 Å². The highest BCUT2D eigenvalue weighted by atomic mass is 35.5. The molecular formula is C10H7ClF2N2. The number of hydrogen-bond acceptors (Lipinski definition) is 1. The van der Waals surface area contributed by atoms with E-state index in [-0.39, 0.29) is 10.8 Å². The molecule has 5 heteroatoms. The minimum Gasteiger partial charge on any atom is -0.219 e. The van der Waals surface area contributed by atoms with Crippen LogP contribution in [0.3, 0.4) is 0 Å². The fraction of sp³-hybridized carbons (Fsp3) is 0.100. The molecule has 1 aromatic heterocycles. The number of hydrogen-bond donors (Lipinski definition) is 0. The fourth-order valence-electron chi connectivity index (χ4n) is 1.29. The van der Waals surface area contributed by atoms with E-state index in [1.165, 1.54) is 10.7 Å². The van der Waals surface area contributed by atoms with Gasteiger partial charge in [0.25, 0.3) is 0 Å². The first-order valence-electron chi connectivity index (χ1n) is 4.25. The zero-order valence-electron chi connectivity index (χ0n) is 7.84. The summed E-state index contributed by atoms with van der Waals surface area (Å²) < 4.78 is 27.3. The van der Waals surface area contributed by atoms with Crippen molar-refractivity contribution < 1.29 is 8.78 Å². The molecule has 0 aliphatic heterocycles. The van der Waals surface area contributed by atoms with Crippen molar-refractivity contribution >= 4 is 11.6 Å². The first kappa shape index (κ1) is 10.1. The van der Waals surface area contributed by atoms with Gasteiger partial charge in [-0.2, -0.15) is 5.10 Å². The lowest BCUT2D eigenvalue weighted by Crippen LogP contribution is -2.00. The van der Waals surface area contributed by atoms with E-state index in [1.807, 2.05) is 0 Å². The summed E-state index contributed by atoms with van der Waals surface area (Å²) in [4.78, 5) is 0.